The molecule has 4 rings (SSSR count). The van der Waals surface area contributed by atoms with Gasteiger partial charge in [0.15, 0.2) is 29.2 Å². The average Bonchev–Trinajstić information content (AvgIpc) is 2.81. The van der Waals surface area contributed by atoms with Crippen molar-refractivity contribution in [3.05, 3.63) is 69.7 Å². The highest BCUT2D eigenvalue weighted by Gasteiger charge is 2.30. The Morgan fingerprint density at radius 3 is 2.24 bits per heavy atom. The van der Waals surface area contributed by atoms with Crippen molar-refractivity contribution in [1.82, 2.24) is 0 Å². The molecule has 0 saturated carbocycles. The Morgan fingerprint density at radius 1 is 0.941 bits per heavy atom. The highest BCUT2D eigenvalue weighted by Crippen LogP contribution is 2.51. The van der Waals surface area contributed by atoms with Gasteiger partial charge in [0.1, 0.15) is 10.0 Å². The second kappa shape index (κ2) is 9.23. The molecule has 0 unspecified atom stereocenters. The fraction of sp³-hybridized carbons (Fsp3) is 0.0870. The normalized spacial score (nSPS) is 11.4. The van der Waals surface area contributed by atoms with Gasteiger partial charge in [-0.15, -0.1) is 0 Å². The molecule has 0 aromatic heterocycles. The maximum absolute atomic E-state index is 12.6. The van der Waals surface area contributed by atoms with Gasteiger partial charge in [-0.2, -0.15) is 0 Å². The number of Topliss-reactive ketones (excluding diaryl/α,β-unsaturated/α-hetero) is 1. The maximum atomic E-state index is 12.6. The first-order valence-corrected chi connectivity index (χ1v) is 11.8. The van der Waals surface area contributed by atoms with Gasteiger partial charge in [0.25, 0.3) is 0 Å². The number of aromatic hydroxyl groups is 1. The number of hydrogen-bond donors (Lipinski definition) is 1. The number of carbonyl (C=O) groups is 2. The summed E-state index contributed by atoms with van der Waals surface area (Å²) in [5, 5.41) is 9.32. The summed E-state index contributed by atoms with van der Waals surface area (Å²) in [6.45, 7) is 1.64. The van der Waals surface area contributed by atoms with Crippen molar-refractivity contribution in [2.75, 3.05) is 0 Å². The number of hydrogen-bond acceptors (Lipinski definition) is 5. The first kappa shape index (κ1) is 25.1. The molecule has 0 radical (unpaired) electrons. The minimum Gasteiger partial charge on any atom is -0.505 e. The van der Waals surface area contributed by atoms with Gasteiger partial charge in [0.05, 0.1) is 20.1 Å². The molecule has 2 aliphatic rings. The summed E-state index contributed by atoms with van der Waals surface area (Å²) in [6.07, 6.45) is 0.588. The number of fused-ring (bicyclic) bond motifs is 2. The van der Waals surface area contributed by atoms with E-state index in [1.165, 1.54) is 18.2 Å². The topological polar surface area (TPSA) is 84.6 Å². The highest BCUT2D eigenvalue weighted by atomic mass is 35.5. The number of phenols is 1. The van der Waals surface area contributed by atoms with Crippen molar-refractivity contribution in [2.45, 2.75) is 13.3 Å². The van der Waals surface area contributed by atoms with Gasteiger partial charge in [-0.25, -0.2) is 0 Å². The van der Waals surface area contributed by atoms with Gasteiger partial charge in [-0.05, 0) is 18.2 Å². The Balaban J connectivity index is 2.38. The summed E-state index contributed by atoms with van der Waals surface area (Å²) >= 11 is 37.9. The van der Waals surface area contributed by atoms with Gasteiger partial charge < -0.3 is 9.52 Å². The number of carbonyl (C=O) groups excluding carboxylic acids is 2. The van der Waals surface area contributed by atoms with Crippen molar-refractivity contribution in [3.8, 4) is 28.2 Å². The fourth-order valence-electron chi connectivity index (χ4n) is 3.66. The van der Waals surface area contributed by atoms with Gasteiger partial charge in [0.2, 0.25) is 5.43 Å². The summed E-state index contributed by atoms with van der Waals surface area (Å²) in [5.41, 5.74) is -0.404. The van der Waals surface area contributed by atoms with E-state index in [4.69, 9.17) is 74.0 Å². The van der Waals surface area contributed by atoms with Crippen LogP contribution in [0.4, 0.5) is 0 Å². The molecule has 174 valence electrons. The molecule has 34 heavy (non-hydrogen) atoms. The zero-order valence-electron chi connectivity index (χ0n) is 16.9. The Bertz CT molecular complexity index is 1570. The third kappa shape index (κ3) is 3.76. The highest BCUT2D eigenvalue weighted by molar-refractivity contribution is 6.44. The van der Waals surface area contributed by atoms with Crippen LogP contribution in [0.5, 0.6) is 5.75 Å². The molecule has 0 bridgehead atoms. The largest absolute Gasteiger partial charge is 0.505 e. The lowest BCUT2D eigenvalue weighted by molar-refractivity contribution is 0.0987. The predicted octanol–water partition coefficient (Wildman–Crippen LogP) is 8.60. The van der Waals surface area contributed by atoms with Crippen molar-refractivity contribution in [3.63, 3.8) is 0 Å². The molecule has 1 aliphatic carbocycles. The second-order valence-corrected chi connectivity index (χ2v) is 9.51. The van der Waals surface area contributed by atoms with Crippen molar-refractivity contribution >= 4 is 92.6 Å². The van der Waals surface area contributed by atoms with Crippen LogP contribution in [0.3, 0.4) is 0 Å². The molecule has 0 atom stereocenters. The van der Waals surface area contributed by atoms with Gasteiger partial charge in [0, 0.05) is 39.6 Å². The van der Waals surface area contributed by atoms with E-state index in [2.05, 4.69) is 0 Å². The molecule has 1 N–H and O–H groups in total. The minimum atomic E-state index is -0.714. The zero-order valence-corrected chi connectivity index (χ0v) is 21.4. The smallest absolute Gasteiger partial charge is 0.219 e. The average molecular weight is 579 g/mol. The van der Waals surface area contributed by atoms with Gasteiger partial charge in [-0.3, -0.25) is 14.4 Å². The van der Waals surface area contributed by atoms with Gasteiger partial charge >= 0.3 is 0 Å². The van der Waals surface area contributed by atoms with Crippen molar-refractivity contribution in [2.24, 2.45) is 0 Å². The molecule has 2 aromatic carbocycles. The Morgan fingerprint density at radius 2 is 1.62 bits per heavy atom. The van der Waals surface area contributed by atoms with E-state index < -0.39 is 11.2 Å². The second-order valence-electron chi connectivity index (χ2n) is 7.16. The molecule has 1 heterocycles. The molecule has 0 fully saturated rings. The lowest BCUT2D eigenvalue weighted by atomic mass is 9.89. The zero-order chi connectivity index (χ0) is 25.1. The summed E-state index contributed by atoms with van der Waals surface area (Å²) in [6, 6.07) is 3.92. The van der Waals surface area contributed by atoms with Crippen LogP contribution in [-0.2, 0) is 0 Å². The SMILES string of the molecule is CCC(=O)c1cc(Cl)c(C=O)c(-c2c3cc(Cl)c(=O)c(Cl)c-3oc3c(Cl)c(O)c(Cl)cc23)c1Cl. The minimum absolute atomic E-state index is 0.0399. The van der Waals surface area contributed by atoms with E-state index in [-0.39, 0.29) is 86.9 Å². The van der Waals surface area contributed by atoms with Crippen molar-refractivity contribution < 1.29 is 19.1 Å². The van der Waals surface area contributed by atoms with Crippen LogP contribution < -0.4 is 5.43 Å². The molecule has 0 amide bonds. The van der Waals surface area contributed by atoms with Crippen LogP contribution in [0, 0.1) is 0 Å². The lowest BCUT2D eigenvalue weighted by Gasteiger charge is -2.21. The molecular formula is C23H10Cl6O5. The molecule has 11 heteroatoms. The first-order valence-electron chi connectivity index (χ1n) is 9.49. The van der Waals surface area contributed by atoms with Crippen LogP contribution in [0.15, 0.2) is 27.4 Å². The van der Waals surface area contributed by atoms with Crippen LogP contribution >= 0.6 is 69.6 Å². The lowest BCUT2D eigenvalue weighted by Crippen LogP contribution is -2.07. The van der Waals surface area contributed by atoms with E-state index in [1.54, 1.807) is 6.92 Å². The molecule has 0 saturated heterocycles. The van der Waals surface area contributed by atoms with Crippen LogP contribution in [-0.4, -0.2) is 17.2 Å². The number of rotatable bonds is 4. The third-order valence-electron chi connectivity index (χ3n) is 5.27. The fourth-order valence-corrected chi connectivity index (χ4v) is 5.25. The molecule has 2 aromatic rings. The van der Waals surface area contributed by atoms with E-state index in [0.29, 0.717) is 6.29 Å². The number of benzene rings is 3. The molecule has 0 spiro atoms. The monoisotopic (exact) mass is 576 g/mol. The van der Waals surface area contributed by atoms with E-state index >= 15 is 0 Å². The number of ketones is 1. The van der Waals surface area contributed by atoms with E-state index in [9.17, 15) is 19.5 Å². The van der Waals surface area contributed by atoms with E-state index in [1.807, 2.05) is 0 Å². The van der Waals surface area contributed by atoms with Crippen LogP contribution in [0.1, 0.15) is 34.1 Å². The Labute approximate surface area is 222 Å². The maximum Gasteiger partial charge on any atom is 0.219 e. The quantitative estimate of drug-likeness (QED) is 0.149. The first-order chi connectivity index (χ1) is 16.0. The van der Waals surface area contributed by atoms with E-state index in [0.717, 1.165) is 0 Å². The third-order valence-corrected chi connectivity index (χ3v) is 7.23. The van der Waals surface area contributed by atoms with Gasteiger partial charge in [-0.1, -0.05) is 76.5 Å². The summed E-state index contributed by atoms with van der Waals surface area (Å²) < 4.78 is 5.81. The number of aldehydes is 1. The molecule has 5 nitrogen and oxygen atoms in total. The molecular weight excluding hydrogens is 569 g/mol. The number of halogens is 6. The molecule has 1 aliphatic heterocycles. The van der Waals surface area contributed by atoms with Crippen LogP contribution in [0.2, 0.25) is 30.1 Å². The Kier molecular flexibility index (Phi) is 6.82. The summed E-state index contributed by atoms with van der Waals surface area (Å²) in [5.74, 6) is -0.947. The van der Waals surface area contributed by atoms with Crippen LogP contribution in [0.25, 0.3) is 33.4 Å². The standard InChI is InChI=1S/C23H10Cl6O5/c1-2-14(31)7-3-11(24)10(6-30)16(17(7)27)15-8-4-12(25)20(32)18(28)22(8)34-23-9(15)5-13(26)21(33)19(23)29/h3-6,32H,2H2,1H3. The number of phenolic OH excluding ortho intramolecular Hbond substituents is 1. The summed E-state index contributed by atoms with van der Waals surface area (Å²) in [4.78, 5) is 37.1. The Hall–Kier alpha value is -1.99. The predicted molar refractivity (Wildman–Crippen MR) is 136 cm³/mol. The summed E-state index contributed by atoms with van der Waals surface area (Å²) in [7, 11) is 0. The van der Waals surface area contributed by atoms with Crippen molar-refractivity contribution in [1.29, 1.82) is 0 Å².